The second-order valence-electron chi connectivity index (χ2n) is 6.39. The summed E-state index contributed by atoms with van der Waals surface area (Å²) in [6.07, 6.45) is 1.78. The summed E-state index contributed by atoms with van der Waals surface area (Å²) in [7, 11) is 0. The number of carbonyl (C=O) groups excluding carboxylic acids is 1. The third-order valence-electron chi connectivity index (χ3n) is 4.14. The molecular weight excluding hydrogens is 370 g/mol. The summed E-state index contributed by atoms with van der Waals surface area (Å²) in [4.78, 5) is 28.8. The van der Waals surface area contributed by atoms with Crippen LogP contribution in [0.5, 0.6) is 0 Å². The molecule has 0 aromatic carbocycles. The Morgan fingerprint density at radius 2 is 1.92 bits per heavy atom. The molecule has 6 nitrogen and oxygen atoms in total. The fraction of sp³-hybridized carbons (Fsp3) is 0.471. The van der Waals surface area contributed by atoms with Crippen LogP contribution in [-0.4, -0.2) is 51.9 Å². The number of nitrogens with zero attached hydrogens (tertiary/aromatic N) is 4. The Hall–Kier alpha value is -1.89. The average Bonchev–Trinajstić information content (AvgIpc) is 3.00. The fourth-order valence-electron chi connectivity index (χ4n) is 2.80. The maximum Gasteiger partial charge on any atom is 0.270 e. The number of piperazine rings is 1. The van der Waals surface area contributed by atoms with Crippen LogP contribution in [0.4, 0.5) is 5.82 Å². The normalized spacial score (nSPS) is 15.2. The molecule has 2 aromatic heterocycles. The van der Waals surface area contributed by atoms with Crippen LogP contribution in [0, 0.1) is 6.92 Å². The van der Waals surface area contributed by atoms with E-state index in [0.29, 0.717) is 24.7 Å². The van der Waals surface area contributed by atoms with Crippen molar-refractivity contribution in [3.63, 3.8) is 0 Å². The van der Waals surface area contributed by atoms with Crippen LogP contribution in [0.15, 0.2) is 22.8 Å². The molecule has 0 unspecified atom stereocenters. The van der Waals surface area contributed by atoms with Crippen molar-refractivity contribution in [3.8, 4) is 0 Å². The molecule has 1 aliphatic rings. The molecule has 2 aromatic rings. The second-order valence-corrected chi connectivity index (χ2v) is 7.31. The SMILES string of the molecule is Cc1cc(N2CCN(C(=O)c3cc(Br)c[nH]3)CC2)nc(C(C)C)n1. The van der Waals surface area contributed by atoms with Crippen LogP contribution in [0.3, 0.4) is 0 Å². The number of amides is 1. The zero-order valence-electron chi connectivity index (χ0n) is 14.2. The number of aromatic amines is 1. The standard InChI is InChI=1S/C17H22BrN5O/c1-11(2)16-20-12(3)8-15(21-16)22-4-6-23(7-5-22)17(24)14-9-13(18)10-19-14/h8-11,19H,4-7H2,1-3H3. The first kappa shape index (κ1) is 17.0. The van der Waals surface area contributed by atoms with E-state index in [1.807, 2.05) is 24.0 Å². The second kappa shape index (κ2) is 6.93. The van der Waals surface area contributed by atoms with Crippen molar-refractivity contribution in [1.82, 2.24) is 19.9 Å². The van der Waals surface area contributed by atoms with E-state index in [9.17, 15) is 4.79 Å². The number of anilines is 1. The Bertz CT molecular complexity index is 734. The molecule has 24 heavy (non-hydrogen) atoms. The molecule has 3 rings (SSSR count). The minimum Gasteiger partial charge on any atom is -0.356 e. The first-order valence-corrected chi connectivity index (χ1v) is 8.97. The van der Waals surface area contributed by atoms with Gasteiger partial charge in [0.15, 0.2) is 0 Å². The van der Waals surface area contributed by atoms with Gasteiger partial charge in [0.25, 0.3) is 5.91 Å². The van der Waals surface area contributed by atoms with Crippen LogP contribution in [-0.2, 0) is 0 Å². The highest BCUT2D eigenvalue weighted by Crippen LogP contribution is 2.20. The van der Waals surface area contributed by atoms with E-state index in [1.165, 1.54) is 0 Å². The monoisotopic (exact) mass is 391 g/mol. The maximum absolute atomic E-state index is 12.5. The highest BCUT2D eigenvalue weighted by Gasteiger charge is 2.24. The Morgan fingerprint density at radius 3 is 2.50 bits per heavy atom. The number of H-pyrrole nitrogens is 1. The maximum atomic E-state index is 12.5. The van der Waals surface area contributed by atoms with E-state index in [-0.39, 0.29) is 5.91 Å². The summed E-state index contributed by atoms with van der Waals surface area (Å²) in [5.41, 5.74) is 1.61. The van der Waals surface area contributed by atoms with E-state index >= 15 is 0 Å². The molecule has 3 heterocycles. The number of aromatic nitrogens is 3. The first-order valence-electron chi connectivity index (χ1n) is 8.18. The number of hydrogen-bond donors (Lipinski definition) is 1. The van der Waals surface area contributed by atoms with Crippen LogP contribution >= 0.6 is 15.9 Å². The van der Waals surface area contributed by atoms with Gasteiger partial charge in [0.2, 0.25) is 0 Å². The summed E-state index contributed by atoms with van der Waals surface area (Å²) in [5.74, 6) is 2.18. The van der Waals surface area contributed by atoms with Crippen molar-refractivity contribution in [2.45, 2.75) is 26.7 Å². The van der Waals surface area contributed by atoms with Crippen LogP contribution in [0.2, 0.25) is 0 Å². The van der Waals surface area contributed by atoms with Crippen LogP contribution in [0.25, 0.3) is 0 Å². The lowest BCUT2D eigenvalue weighted by molar-refractivity contribution is 0.0741. The fourth-order valence-corrected chi connectivity index (χ4v) is 3.14. The minimum absolute atomic E-state index is 0.0436. The molecule has 128 valence electrons. The molecule has 1 N–H and O–H groups in total. The van der Waals surface area contributed by atoms with Gasteiger partial charge in [0, 0.05) is 54.5 Å². The van der Waals surface area contributed by atoms with Gasteiger partial charge >= 0.3 is 0 Å². The molecular formula is C17H22BrN5O. The number of halogens is 1. The largest absolute Gasteiger partial charge is 0.356 e. The molecule has 1 amide bonds. The number of nitrogens with one attached hydrogen (secondary N) is 1. The van der Waals surface area contributed by atoms with Gasteiger partial charge in [-0.15, -0.1) is 0 Å². The number of carbonyl (C=O) groups is 1. The lowest BCUT2D eigenvalue weighted by Crippen LogP contribution is -2.49. The van der Waals surface area contributed by atoms with E-state index in [4.69, 9.17) is 0 Å². The topological polar surface area (TPSA) is 65.1 Å². The zero-order valence-corrected chi connectivity index (χ0v) is 15.8. The molecule has 1 saturated heterocycles. The third-order valence-corrected chi connectivity index (χ3v) is 4.60. The van der Waals surface area contributed by atoms with Crippen molar-refractivity contribution in [1.29, 1.82) is 0 Å². The lowest BCUT2D eigenvalue weighted by atomic mass is 10.2. The Balaban J connectivity index is 1.68. The van der Waals surface area contributed by atoms with Crippen molar-refractivity contribution in [2.24, 2.45) is 0 Å². The molecule has 0 saturated carbocycles. The predicted octanol–water partition coefficient (Wildman–Crippen LogP) is 2.96. The highest BCUT2D eigenvalue weighted by molar-refractivity contribution is 9.10. The van der Waals surface area contributed by atoms with Gasteiger partial charge in [-0.1, -0.05) is 13.8 Å². The summed E-state index contributed by atoms with van der Waals surface area (Å²) in [5, 5.41) is 0. The molecule has 7 heteroatoms. The van der Waals surface area contributed by atoms with Gasteiger partial charge in [-0.25, -0.2) is 9.97 Å². The number of rotatable bonds is 3. The quantitative estimate of drug-likeness (QED) is 0.873. The van der Waals surface area contributed by atoms with Gasteiger partial charge in [-0.05, 0) is 28.9 Å². The first-order chi connectivity index (χ1) is 11.4. The molecule has 0 radical (unpaired) electrons. The van der Waals surface area contributed by atoms with E-state index in [2.05, 4.69) is 49.6 Å². The van der Waals surface area contributed by atoms with Gasteiger partial charge in [-0.2, -0.15) is 0 Å². The Kier molecular flexibility index (Phi) is 4.89. The lowest BCUT2D eigenvalue weighted by Gasteiger charge is -2.35. The average molecular weight is 392 g/mol. The summed E-state index contributed by atoms with van der Waals surface area (Å²) < 4.78 is 0.891. The highest BCUT2D eigenvalue weighted by atomic mass is 79.9. The van der Waals surface area contributed by atoms with Gasteiger partial charge < -0.3 is 14.8 Å². The number of hydrogen-bond acceptors (Lipinski definition) is 4. The predicted molar refractivity (Wildman–Crippen MR) is 97.5 cm³/mol. The van der Waals surface area contributed by atoms with Gasteiger partial charge in [-0.3, -0.25) is 4.79 Å². The van der Waals surface area contributed by atoms with Crippen LogP contribution in [0.1, 0.15) is 41.8 Å². The van der Waals surface area contributed by atoms with E-state index in [0.717, 1.165) is 34.9 Å². The third kappa shape index (κ3) is 3.61. The van der Waals surface area contributed by atoms with Gasteiger partial charge in [0.1, 0.15) is 17.3 Å². The molecule has 0 bridgehead atoms. The molecule has 0 atom stereocenters. The Labute approximate surface area is 150 Å². The van der Waals surface area contributed by atoms with E-state index in [1.54, 1.807) is 6.20 Å². The molecule has 0 aliphatic carbocycles. The van der Waals surface area contributed by atoms with E-state index < -0.39 is 0 Å². The molecule has 0 spiro atoms. The van der Waals surface area contributed by atoms with Crippen LogP contribution < -0.4 is 4.90 Å². The number of aryl methyl sites for hydroxylation is 1. The summed E-state index contributed by atoms with van der Waals surface area (Å²) >= 11 is 3.37. The van der Waals surface area contributed by atoms with Crippen molar-refractivity contribution in [2.75, 3.05) is 31.1 Å². The van der Waals surface area contributed by atoms with Crippen molar-refractivity contribution >= 4 is 27.7 Å². The van der Waals surface area contributed by atoms with Crippen molar-refractivity contribution < 1.29 is 4.79 Å². The molecule has 1 fully saturated rings. The summed E-state index contributed by atoms with van der Waals surface area (Å²) in [6.45, 7) is 9.14. The zero-order chi connectivity index (χ0) is 17.3. The summed E-state index contributed by atoms with van der Waals surface area (Å²) in [6, 6.07) is 3.84. The van der Waals surface area contributed by atoms with Crippen molar-refractivity contribution in [3.05, 3.63) is 40.0 Å². The molecule has 1 aliphatic heterocycles. The minimum atomic E-state index is 0.0436. The van der Waals surface area contributed by atoms with Gasteiger partial charge in [0.05, 0.1) is 0 Å². The smallest absolute Gasteiger partial charge is 0.270 e. The Morgan fingerprint density at radius 1 is 1.21 bits per heavy atom.